The van der Waals surface area contributed by atoms with E-state index in [9.17, 15) is 0 Å². The molecular formula is C8H11NS. The maximum atomic E-state index is 8.47. The summed E-state index contributed by atoms with van der Waals surface area (Å²) in [6.45, 7) is 6.20. The van der Waals surface area contributed by atoms with Crippen LogP contribution >= 0.6 is 12.2 Å². The Labute approximate surface area is 67.4 Å². The fourth-order valence-corrected chi connectivity index (χ4v) is 0.747. The summed E-state index contributed by atoms with van der Waals surface area (Å²) in [5.74, 6) is 0. The van der Waals surface area contributed by atoms with Crippen molar-refractivity contribution in [3.05, 3.63) is 5.57 Å². The van der Waals surface area contributed by atoms with Crippen molar-refractivity contribution < 1.29 is 0 Å². The van der Waals surface area contributed by atoms with E-state index in [0.717, 1.165) is 0 Å². The molecule has 0 aromatic rings. The van der Waals surface area contributed by atoms with Crippen LogP contribution in [0.2, 0.25) is 0 Å². The van der Waals surface area contributed by atoms with Crippen LogP contribution in [0.5, 0.6) is 0 Å². The Morgan fingerprint density at radius 2 is 2.00 bits per heavy atom. The van der Waals surface area contributed by atoms with Crippen molar-refractivity contribution in [2.24, 2.45) is 5.41 Å². The zero-order valence-corrected chi connectivity index (χ0v) is 7.38. The van der Waals surface area contributed by atoms with E-state index in [-0.39, 0.29) is 5.41 Å². The van der Waals surface area contributed by atoms with Crippen molar-refractivity contribution in [2.45, 2.75) is 27.2 Å². The normalized spacial score (nSPS) is 9.80. The number of thiocarbonyl (C=S) groups is 1. The number of hydrogen-bond acceptors (Lipinski definition) is 2. The highest BCUT2D eigenvalue weighted by atomic mass is 32.1. The van der Waals surface area contributed by atoms with E-state index >= 15 is 0 Å². The number of nitriles is 1. The lowest BCUT2D eigenvalue weighted by Crippen LogP contribution is -2.05. The molecule has 0 saturated carbocycles. The molecule has 0 aliphatic carbocycles. The Hall–Kier alpha value is -0.640. The zero-order valence-electron chi connectivity index (χ0n) is 6.56. The van der Waals surface area contributed by atoms with Crippen LogP contribution in [0.15, 0.2) is 5.57 Å². The average Bonchev–Trinajstić information content (AvgIpc) is 1.81. The molecule has 10 heavy (non-hydrogen) atoms. The van der Waals surface area contributed by atoms with Gasteiger partial charge in [0.1, 0.15) is 6.07 Å². The van der Waals surface area contributed by atoms with Crippen molar-refractivity contribution in [3.8, 4) is 6.07 Å². The second-order valence-electron chi connectivity index (χ2n) is 3.43. The number of hydrogen-bond donors (Lipinski definition) is 0. The van der Waals surface area contributed by atoms with Crippen molar-refractivity contribution in [2.75, 3.05) is 0 Å². The summed E-state index contributed by atoms with van der Waals surface area (Å²) in [4.78, 5) is 0. The van der Waals surface area contributed by atoms with Crippen LogP contribution in [0.3, 0.4) is 0 Å². The van der Waals surface area contributed by atoms with Gasteiger partial charge in [0.25, 0.3) is 0 Å². The fourth-order valence-electron chi connectivity index (χ4n) is 0.629. The second kappa shape index (κ2) is 3.51. The molecule has 0 radical (unpaired) electrons. The Morgan fingerprint density at radius 1 is 1.50 bits per heavy atom. The molecule has 0 amide bonds. The van der Waals surface area contributed by atoms with E-state index in [1.165, 1.54) is 0 Å². The molecule has 0 N–H and O–H groups in total. The first kappa shape index (κ1) is 9.36. The van der Waals surface area contributed by atoms with Crippen LogP contribution in [0.4, 0.5) is 0 Å². The van der Waals surface area contributed by atoms with Gasteiger partial charge in [-0.2, -0.15) is 5.26 Å². The molecule has 0 fully saturated rings. The van der Waals surface area contributed by atoms with E-state index in [1.54, 1.807) is 0 Å². The fraction of sp³-hybridized carbons (Fsp3) is 0.625. The first-order valence-corrected chi connectivity index (χ1v) is 3.54. The van der Waals surface area contributed by atoms with E-state index < -0.39 is 0 Å². The smallest absolute Gasteiger partial charge is 0.104 e. The first-order valence-electron chi connectivity index (χ1n) is 3.13. The highest BCUT2D eigenvalue weighted by molar-refractivity contribution is 7.78. The quantitative estimate of drug-likeness (QED) is 0.427. The lowest BCUT2D eigenvalue weighted by Gasteiger charge is -2.15. The predicted octanol–water partition coefficient (Wildman–Crippen LogP) is 2.47. The summed E-state index contributed by atoms with van der Waals surface area (Å²) >= 11 is 4.53. The summed E-state index contributed by atoms with van der Waals surface area (Å²) in [7, 11) is 0. The van der Waals surface area contributed by atoms with Gasteiger partial charge in [0.15, 0.2) is 0 Å². The summed E-state index contributed by atoms with van der Waals surface area (Å²) in [5, 5.41) is 10.9. The van der Waals surface area contributed by atoms with Crippen molar-refractivity contribution in [3.63, 3.8) is 0 Å². The van der Waals surface area contributed by atoms with Gasteiger partial charge in [-0.15, -0.1) is 0 Å². The van der Waals surface area contributed by atoms with Gasteiger partial charge < -0.3 is 0 Å². The van der Waals surface area contributed by atoms with E-state index in [1.807, 2.05) is 6.07 Å². The summed E-state index contributed by atoms with van der Waals surface area (Å²) in [6.07, 6.45) is 0.715. The molecule has 0 saturated heterocycles. The summed E-state index contributed by atoms with van der Waals surface area (Å²) < 4.78 is 0. The van der Waals surface area contributed by atoms with Gasteiger partial charge in [-0.05, 0) is 29.1 Å². The molecular weight excluding hydrogens is 142 g/mol. The van der Waals surface area contributed by atoms with E-state index in [4.69, 9.17) is 5.26 Å². The monoisotopic (exact) mass is 153 g/mol. The topological polar surface area (TPSA) is 23.8 Å². The molecule has 0 aromatic heterocycles. The lowest BCUT2D eigenvalue weighted by atomic mass is 9.89. The average molecular weight is 153 g/mol. The SMILES string of the molecule is CC(C)(C)CC(=C=S)C#N. The van der Waals surface area contributed by atoms with Crippen LogP contribution in [-0.2, 0) is 0 Å². The molecule has 2 heteroatoms. The maximum Gasteiger partial charge on any atom is 0.104 e. The minimum absolute atomic E-state index is 0.136. The predicted molar refractivity (Wildman–Crippen MR) is 45.8 cm³/mol. The standard InChI is InChI=1S/C8H11NS/c1-8(2,3)4-7(5-9)6-10/h4H2,1-3H3. The Bertz CT molecular complexity index is 198. The highest BCUT2D eigenvalue weighted by Gasteiger charge is 2.12. The lowest BCUT2D eigenvalue weighted by molar-refractivity contribution is 0.415. The van der Waals surface area contributed by atoms with Crippen LogP contribution in [0.1, 0.15) is 27.2 Å². The minimum Gasteiger partial charge on any atom is -0.192 e. The Kier molecular flexibility index (Phi) is 3.28. The molecule has 0 heterocycles. The molecule has 0 aliphatic rings. The third-order valence-electron chi connectivity index (χ3n) is 0.965. The molecule has 0 aliphatic heterocycles. The van der Waals surface area contributed by atoms with Gasteiger partial charge in [0.2, 0.25) is 0 Å². The largest absolute Gasteiger partial charge is 0.192 e. The first-order chi connectivity index (χ1) is 4.49. The van der Waals surface area contributed by atoms with Gasteiger partial charge in [-0.25, -0.2) is 0 Å². The molecule has 0 atom stereocenters. The van der Waals surface area contributed by atoms with Crippen molar-refractivity contribution >= 4 is 17.2 Å². The number of nitrogens with zero attached hydrogens (tertiary/aromatic N) is 1. The third kappa shape index (κ3) is 4.26. The molecule has 0 aromatic carbocycles. The zero-order chi connectivity index (χ0) is 8.20. The van der Waals surface area contributed by atoms with Gasteiger partial charge in [0.05, 0.1) is 5.57 Å². The van der Waals surface area contributed by atoms with Gasteiger partial charge >= 0.3 is 0 Å². The van der Waals surface area contributed by atoms with E-state index in [2.05, 4.69) is 38.0 Å². The molecule has 0 bridgehead atoms. The van der Waals surface area contributed by atoms with Crippen molar-refractivity contribution in [1.29, 1.82) is 5.26 Å². The maximum absolute atomic E-state index is 8.47. The molecule has 0 unspecified atom stereocenters. The Balaban J connectivity index is 4.19. The van der Waals surface area contributed by atoms with E-state index in [0.29, 0.717) is 12.0 Å². The van der Waals surface area contributed by atoms with Crippen LogP contribution < -0.4 is 0 Å². The highest BCUT2D eigenvalue weighted by Crippen LogP contribution is 2.21. The number of rotatable bonds is 1. The van der Waals surface area contributed by atoms with Crippen molar-refractivity contribution in [1.82, 2.24) is 0 Å². The Morgan fingerprint density at radius 3 is 2.10 bits per heavy atom. The molecule has 0 spiro atoms. The molecule has 1 nitrogen and oxygen atoms in total. The molecule has 54 valence electrons. The molecule has 0 rings (SSSR count). The third-order valence-corrected chi connectivity index (χ3v) is 1.21. The van der Waals surface area contributed by atoms with Crippen LogP contribution in [-0.4, -0.2) is 5.02 Å². The van der Waals surface area contributed by atoms with Gasteiger partial charge in [0, 0.05) is 0 Å². The second-order valence-corrected chi connectivity index (χ2v) is 3.63. The van der Waals surface area contributed by atoms with Gasteiger partial charge in [-0.3, -0.25) is 0 Å². The minimum atomic E-state index is 0.136. The summed E-state index contributed by atoms with van der Waals surface area (Å²) in [6, 6.07) is 2.01. The summed E-state index contributed by atoms with van der Waals surface area (Å²) in [5.41, 5.74) is 0.708. The van der Waals surface area contributed by atoms with Gasteiger partial charge in [-0.1, -0.05) is 20.8 Å². The number of allylic oxidation sites excluding steroid dienone is 1. The van der Waals surface area contributed by atoms with Crippen LogP contribution in [0.25, 0.3) is 0 Å². The van der Waals surface area contributed by atoms with Crippen LogP contribution in [0, 0.1) is 16.7 Å².